The zero-order chi connectivity index (χ0) is 9.38. The molecule has 0 spiro atoms. The summed E-state index contributed by atoms with van der Waals surface area (Å²) in [5, 5.41) is 1.83. The van der Waals surface area contributed by atoms with Crippen molar-refractivity contribution >= 4 is 11.0 Å². The minimum Gasteiger partial charge on any atom is -0.278 e. The molecule has 0 aliphatic carbocycles. The fraction of sp³-hybridized carbons (Fsp3) is 0.200. The monoisotopic (exact) mass is 187 g/mol. The fourth-order valence-electron chi connectivity index (χ4n) is 1.38. The third kappa shape index (κ3) is 1.45. The Hall–Kier alpha value is -1.52. The molecule has 0 bridgehead atoms. The number of hydrogen-bond acceptors (Lipinski definition) is 4. The molecule has 1 fully saturated rings. The normalized spacial score (nSPS) is 19.9. The van der Waals surface area contributed by atoms with Gasteiger partial charge in [0.1, 0.15) is 6.73 Å². The minimum absolute atomic E-state index is 0.703. The Balaban J connectivity index is 2.01. The van der Waals surface area contributed by atoms with Crippen molar-refractivity contribution in [1.29, 1.82) is 0 Å². The van der Waals surface area contributed by atoms with Gasteiger partial charge in [-0.15, -0.1) is 0 Å². The molecule has 14 heavy (non-hydrogen) atoms. The van der Waals surface area contributed by atoms with Crippen molar-refractivity contribution in [3.8, 4) is 0 Å². The summed E-state index contributed by atoms with van der Waals surface area (Å²) in [6.07, 6.45) is 1.80. The highest BCUT2D eigenvalue weighted by molar-refractivity contribution is 5.73. The van der Waals surface area contributed by atoms with Gasteiger partial charge in [0.05, 0.1) is 29.5 Å². The molecule has 1 aliphatic rings. The highest BCUT2D eigenvalue weighted by Crippen LogP contribution is 2.14. The summed E-state index contributed by atoms with van der Waals surface area (Å²) >= 11 is 0. The van der Waals surface area contributed by atoms with Crippen molar-refractivity contribution in [2.75, 3.05) is 6.73 Å². The summed E-state index contributed by atoms with van der Waals surface area (Å²) in [4.78, 5) is 13.8. The largest absolute Gasteiger partial charge is 0.278 e. The molecule has 0 N–H and O–H groups in total. The summed E-state index contributed by atoms with van der Waals surface area (Å²) in [5.41, 5.74) is 2.82. The van der Waals surface area contributed by atoms with Crippen LogP contribution >= 0.6 is 0 Å². The van der Waals surface area contributed by atoms with Gasteiger partial charge in [0.2, 0.25) is 0 Å². The minimum atomic E-state index is 0.703. The zero-order valence-electron chi connectivity index (χ0n) is 7.55. The summed E-state index contributed by atoms with van der Waals surface area (Å²) in [7, 11) is 0. The molecular weight excluding hydrogens is 178 g/mol. The number of hydrogen-bond donors (Lipinski definition) is 0. The SMILES string of the molecule is c1ccc2nc(CN3CO3)cnc2c1. The van der Waals surface area contributed by atoms with E-state index in [4.69, 9.17) is 4.84 Å². The van der Waals surface area contributed by atoms with Gasteiger partial charge in [-0.25, -0.2) is 4.98 Å². The predicted molar refractivity (Wildman–Crippen MR) is 51.0 cm³/mol. The molecule has 70 valence electrons. The van der Waals surface area contributed by atoms with Crippen molar-refractivity contribution in [3.63, 3.8) is 0 Å². The maximum Gasteiger partial charge on any atom is 0.144 e. The molecule has 1 unspecified atom stereocenters. The molecule has 2 heterocycles. The number of aromatic nitrogens is 2. The lowest BCUT2D eigenvalue weighted by atomic mass is 10.3. The van der Waals surface area contributed by atoms with Gasteiger partial charge in [-0.2, -0.15) is 5.06 Å². The van der Waals surface area contributed by atoms with Gasteiger partial charge in [0.15, 0.2) is 0 Å². The molecule has 4 nitrogen and oxygen atoms in total. The molecular formula is C10H9N3O. The van der Waals surface area contributed by atoms with E-state index in [0.717, 1.165) is 23.3 Å². The van der Waals surface area contributed by atoms with E-state index in [-0.39, 0.29) is 0 Å². The molecule has 0 radical (unpaired) electrons. The van der Waals surface area contributed by atoms with Crippen LogP contribution in [-0.2, 0) is 11.4 Å². The van der Waals surface area contributed by atoms with E-state index in [2.05, 4.69) is 9.97 Å². The topological polar surface area (TPSA) is 41.3 Å². The predicted octanol–water partition coefficient (Wildman–Crippen LogP) is 1.33. The van der Waals surface area contributed by atoms with Gasteiger partial charge in [-0.3, -0.25) is 9.82 Å². The first-order valence-electron chi connectivity index (χ1n) is 4.50. The Morgan fingerprint density at radius 2 is 2.07 bits per heavy atom. The average Bonchev–Trinajstić information content (AvgIpc) is 3.02. The lowest BCUT2D eigenvalue weighted by Gasteiger charge is -2.00. The standard InChI is InChI=1S/C10H9N3O/c1-2-4-10-9(3-1)11-5-8(12-10)6-13-7-14-13/h1-5H,6-7H2. The van der Waals surface area contributed by atoms with Crippen LogP contribution in [-0.4, -0.2) is 21.8 Å². The van der Waals surface area contributed by atoms with Gasteiger partial charge in [-0.05, 0) is 12.1 Å². The molecule has 3 rings (SSSR count). The van der Waals surface area contributed by atoms with Crippen molar-refractivity contribution in [1.82, 2.24) is 15.0 Å². The van der Waals surface area contributed by atoms with Crippen molar-refractivity contribution in [2.24, 2.45) is 0 Å². The third-order valence-corrected chi connectivity index (χ3v) is 2.15. The number of benzene rings is 1. The van der Waals surface area contributed by atoms with Crippen molar-refractivity contribution in [3.05, 3.63) is 36.2 Å². The summed E-state index contributed by atoms with van der Waals surface area (Å²) < 4.78 is 0. The van der Waals surface area contributed by atoms with Gasteiger partial charge in [0, 0.05) is 0 Å². The number of para-hydroxylation sites is 2. The second kappa shape index (κ2) is 3.01. The molecule has 1 aliphatic heterocycles. The number of fused-ring (bicyclic) bond motifs is 1. The fourth-order valence-corrected chi connectivity index (χ4v) is 1.38. The Morgan fingerprint density at radius 1 is 1.29 bits per heavy atom. The smallest absolute Gasteiger partial charge is 0.144 e. The van der Waals surface area contributed by atoms with Crippen LogP contribution in [0.5, 0.6) is 0 Å². The molecule has 0 amide bonds. The Kier molecular flexibility index (Phi) is 1.68. The molecule has 1 aromatic carbocycles. The van der Waals surface area contributed by atoms with Crippen LogP contribution in [0.2, 0.25) is 0 Å². The second-order valence-electron chi connectivity index (χ2n) is 3.25. The van der Waals surface area contributed by atoms with E-state index >= 15 is 0 Å². The molecule has 4 heteroatoms. The summed E-state index contributed by atoms with van der Waals surface area (Å²) in [6.45, 7) is 1.42. The van der Waals surface area contributed by atoms with Gasteiger partial charge >= 0.3 is 0 Å². The van der Waals surface area contributed by atoms with Crippen molar-refractivity contribution in [2.45, 2.75) is 6.54 Å². The van der Waals surface area contributed by atoms with Gasteiger partial charge < -0.3 is 0 Å². The van der Waals surface area contributed by atoms with Crippen LogP contribution in [0.15, 0.2) is 30.5 Å². The van der Waals surface area contributed by atoms with Gasteiger partial charge in [-0.1, -0.05) is 12.1 Å². The van der Waals surface area contributed by atoms with Crippen LogP contribution in [0, 0.1) is 0 Å². The highest BCUT2D eigenvalue weighted by Gasteiger charge is 2.19. The first kappa shape index (κ1) is 7.84. The quantitative estimate of drug-likeness (QED) is 0.665. The number of nitrogens with zero attached hydrogens (tertiary/aromatic N) is 3. The molecule has 1 saturated heterocycles. The zero-order valence-corrected chi connectivity index (χ0v) is 7.55. The maximum absolute atomic E-state index is 4.99. The maximum atomic E-state index is 4.99. The summed E-state index contributed by atoms with van der Waals surface area (Å²) in [6, 6.07) is 7.85. The van der Waals surface area contributed by atoms with E-state index in [0.29, 0.717) is 6.73 Å². The molecule has 1 atom stereocenters. The van der Waals surface area contributed by atoms with Crippen LogP contribution < -0.4 is 0 Å². The van der Waals surface area contributed by atoms with Gasteiger partial charge in [0.25, 0.3) is 0 Å². The Bertz CT molecular complexity index is 468. The number of hydroxylamine groups is 2. The Morgan fingerprint density at radius 3 is 2.86 bits per heavy atom. The Labute approximate surface area is 81.1 Å². The molecule has 2 aromatic rings. The van der Waals surface area contributed by atoms with Crippen LogP contribution in [0.1, 0.15) is 5.69 Å². The molecule has 1 aromatic heterocycles. The van der Waals surface area contributed by atoms with E-state index in [9.17, 15) is 0 Å². The van der Waals surface area contributed by atoms with Crippen LogP contribution in [0.25, 0.3) is 11.0 Å². The number of rotatable bonds is 2. The lowest BCUT2D eigenvalue weighted by Crippen LogP contribution is -2.00. The van der Waals surface area contributed by atoms with E-state index < -0.39 is 0 Å². The second-order valence-corrected chi connectivity index (χ2v) is 3.25. The highest BCUT2D eigenvalue weighted by atomic mass is 16.8. The lowest BCUT2D eigenvalue weighted by molar-refractivity contribution is 0.192. The van der Waals surface area contributed by atoms with Crippen LogP contribution in [0.4, 0.5) is 0 Å². The van der Waals surface area contributed by atoms with E-state index in [1.807, 2.05) is 29.3 Å². The van der Waals surface area contributed by atoms with Crippen molar-refractivity contribution < 1.29 is 4.84 Å². The summed E-state index contributed by atoms with van der Waals surface area (Å²) in [5.74, 6) is 0. The third-order valence-electron chi connectivity index (χ3n) is 2.15. The van der Waals surface area contributed by atoms with E-state index in [1.54, 1.807) is 6.20 Å². The average molecular weight is 187 g/mol. The van der Waals surface area contributed by atoms with Crippen LogP contribution in [0.3, 0.4) is 0 Å². The first-order valence-corrected chi connectivity index (χ1v) is 4.50. The first-order chi connectivity index (χ1) is 6.92. The van der Waals surface area contributed by atoms with E-state index in [1.165, 1.54) is 0 Å². The molecule has 0 saturated carbocycles.